The minimum absolute atomic E-state index is 0.278. The second kappa shape index (κ2) is 10.5. The molecule has 0 unspecified atom stereocenters. The summed E-state index contributed by atoms with van der Waals surface area (Å²) in [7, 11) is 0. The summed E-state index contributed by atoms with van der Waals surface area (Å²) in [4.78, 5) is 5.46. The summed E-state index contributed by atoms with van der Waals surface area (Å²) >= 11 is 5.57. The Hall–Kier alpha value is -3.78. The van der Waals surface area contributed by atoms with Gasteiger partial charge in [-0.25, -0.2) is 0 Å². The lowest BCUT2D eigenvalue weighted by Gasteiger charge is -2.16. The van der Waals surface area contributed by atoms with E-state index >= 15 is 0 Å². The van der Waals surface area contributed by atoms with E-state index in [0.29, 0.717) is 24.3 Å². The van der Waals surface area contributed by atoms with E-state index in [9.17, 15) is 13.2 Å². The van der Waals surface area contributed by atoms with Crippen LogP contribution in [0.5, 0.6) is 5.75 Å². The summed E-state index contributed by atoms with van der Waals surface area (Å²) in [6.07, 6.45) is -0.644. The third-order valence-corrected chi connectivity index (χ3v) is 6.83. The van der Waals surface area contributed by atoms with Crippen molar-refractivity contribution < 1.29 is 22.4 Å². The number of rotatable bonds is 7. The van der Waals surface area contributed by atoms with Crippen LogP contribution < -0.4 is 4.74 Å². The predicted octanol–water partition coefficient (Wildman–Crippen LogP) is 7.65. The summed E-state index contributed by atoms with van der Waals surface area (Å²) in [5.74, 6) is 0.285. The maximum absolute atomic E-state index is 12.5. The molecule has 1 aliphatic carbocycles. The van der Waals surface area contributed by atoms with E-state index in [2.05, 4.69) is 53.0 Å². The van der Waals surface area contributed by atoms with Crippen molar-refractivity contribution in [2.45, 2.75) is 39.5 Å². The lowest BCUT2D eigenvalue weighted by atomic mass is 9.87. The first-order chi connectivity index (χ1) is 18.2. The molecule has 0 atom stereocenters. The molecular weight excluding hydrogens is 509 g/mol. The molecule has 0 aliphatic heterocycles. The molecule has 0 amide bonds. The van der Waals surface area contributed by atoms with Crippen LogP contribution in [-0.2, 0) is 19.3 Å². The lowest BCUT2D eigenvalue weighted by Crippen LogP contribution is -2.16. The van der Waals surface area contributed by atoms with Gasteiger partial charge in [-0.2, -0.15) is 0 Å². The van der Waals surface area contributed by atoms with Crippen LogP contribution in [0.15, 0.2) is 70.2 Å². The van der Waals surface area contributed by atoms with E-state index in [0.717, 1.165) is 45.7 Å². The van der Waals surface area contributed by atoms with Crippen molar-refractivity contribution in [3.05, 3.63) is 94.0 Å². The first kappa shape index (κ1) is 25.9. The van der Waals surface area contributed by atoms with Gasteiger partial charge in [-0.3, -0.25) is 4.99 Å². The van der Waals surface area contributed by atoms with Crippen LogP contribution >= 0.6 is 12.2 Å². The Morgan fingerprint density at radius 3 is 2.58 bits per heavy atom. The summed E-state index contributed by atoms with van der Waals surface area (Å²) in [5, 5.41) is 4.29. The van der Waals surface area contributed by atoms with Crippen molar-refractivity contribution in [3.8, 4) is 28.3 Å². The van der Waals surface area contributed by atoms with Gasteiger partial charge in [0.25, 0.3) is 0 Å². The molecular formula is C30H25F3N2O2S. The van der Waals surface area contributed by atoms with E-state index in [4.69, 9.17) is 16.7 Å². The molecule has 5 rings (SSSR count). The molecule has 1 heterocycles. The molecule has 0 saturated carbocycles. The number of hydrogen-bond acceptors (Lipinski definition) is 5. The first-order valence-electron chi connectivity index (χ1n) is 12.2. The zero-order valence-electron chi connectivity index (χ0n) is 20.9. The van der Waals surface area contributed by atoms with Gasteiger partial charge in [-0.15, -0.1) is 13.2 Å². The smallest absolute Gasteiger partial charge is 0.406 e. The number of nitrogens with zero attached hydrogens (tertiary/aromatic N) is 2. The molecule has 0 radical (unpaired) electrons. The quantitative estimate of drug-likeness (QED) is 0.180. The minimum Gasteiger partial charge on any atom is -0.406 e. The number of aliphatic imine (C=N–C) groups is 1. The number of thiocarbonyl (C=S) groups is 1. The van der Waals surface area contributed by atoms with Crippen molar-refractivity contribution in [2.75, 3.05) is 6.54 Å². The highest BCUT2D eigenvalue weighted by Crippen LogP contribution is 2.39. The molecule has 4 nitrogen and oxygen atoms in total. The molecule has 3 aromatic carbocycles. The van der Waals surface area contributed by atoms with Crippen LogP contribution in [0, 0.1) is 13.8 Å². The Morgan fingerprint density at radius 1 is 1.05 bits per heavy atom. The highest BCUT2D eigenvalue weighted by molar-refractivity contribution is 7.80. The average molecular weight is 535 g/mol. The van der Waals surface area contributed by atoms with Crippen LogP contribution in [0.4, 0.5) is 13.2 Å². The Kier molecular flexibility index (Phi) is 7.17. The summed E-state index contributed by atoms with van der Waals surface area (Å²) in [6.45, 7) is 4.68. The van der Waals surface area contributed by atoms with Gasteiger partial charge in [0, 0.05) is 34.2 Å². The van der Waals surface area contributed by atoms with E-state index in [1.165, 1.54) is 28.8 Å². The molecule has 8 heteroatoms. The third-order valence-electron chi connectivity index (χ3n) is 6.56. The van der Waals surface area contributed by atoms with Gasteiger partial charge < -0.3 is 9.26 Å². The molecule has 0 fully saturated rings. The van der Waals surface area contributed by atoms with Gasteiger partial charge in [-0.1, -0.05) is 53.3 Å². The van der Waals surface area contributed by atoms with E-state index in [1.807, 2.05) is 18.3 Å². The second-order valence-corrected chi connectivity index (χ2v) is 10.0. The SMILES string of the molecule is Cc1ccc(CC(=S)CN=Cc2ccc3c(c2)CCc2c-3noc2-c2ccc(OC(F)(F)F)cc2)c(C)c1. The highest BCUT2D eigenvalue weighted by Gasteiger charge is 2.31. The van der Waals surface area contributed by atoms with E-state index in [1.54, 1.807) is 12.1 Å². The molecule has 1 aliphatic rings. The number of fused-ring (bicyclic) bond motifs is 3. The molecule has 0 spiro atoms. The normalized spacial score (nSPS) is 12.9. The Morgan fingerprint density at radius 2 is 1.84 bits per heavy atom. The number of hydrogen-bond donors (Lipinski definition) is 0. The molecule has 38 heavy (non-hydrogen) atoms. The Labute approximate surface area is 224 Å². The number of benzene rings is 3. The van der Waals surface area contributed by atoms with Gasteiger partial charge in [0.1, 0.15) is 11.4 Å². The summed E-state index contributed by atoms with van der Waals surface area (Å²) in [5.41, 5.74) is 9.20. The maximum Gasteiger partial charge on any atom is 0.573 e. The van der Waals surface area contributed by atoms with Gasteiger partial charge in [-0.05, 0) is 79.3 Å². The molecule has 194 valence electrons. The fraction of sp³-hybridized carbons (Fsp3) is 0.233. The Balaban J connectivity index is 1.27. The van der Waals surface area contributed by atoms with E-state index < -0.39 is 6.36 Å². The zero-order chi connectivity index (χ0) is 26.9. The molecule has 0 saturated heterocycles. The van der Waals surface area contributed by atoms with Crippen LogP contribution in [0.1, 0.15) is 33.4 Å². The van der Waals surface area contributed by atoms with E-state index in [-0.39, 0.29) is 5.75 Å². The van der Waals surface area contributed by atoms with Crippen LogP contribution in [0.2, 0.25) is 0 Å². The number of ether oxygens (including phenoxy) is 1. The summed E-state index contributed by atoms with van der Waals surface area (Å²) < 4.78 is 46.9. The molecule has 0 N–H and O–H groups in total. The van der Waals surface area contributed by atoms with Crippen LogP contribution in [0.3, 0.4) is 0 Å². The largest absolute Gasteiger partial charge is 0.573 e. The second-order valence-electron chi connectivity index (χ2n) is 9.44. The average Bonchev–Trinajstić information content (AvgIpc) is 3.30. The van der Waals surface area contributed by atoms with Crippen molar-refractivity contribution in [2.24, 2.45) is 4.99 Å². The number of alkyl halides is 3. The predicted molar refractivity (Wildman–Crippen MR) is 146 cm³/mol. The van der Waals surface area contributed by atoms with Gasteiger partial charge in [0.15, 0.2) is 5.76 Å². The number of halogens is 3. The van der Waals surface area contributed by atoms with Crippen LogP contribution in [0.25, 0.3) is 22.6 Å². The number of aromatic nitrogens is 1. The van der Waals surface area contributed by atoms with Crippen molar-refractivity contribution in [1.82, 2.24) is 5.16 Å². The first-order valence-corrected chi connectivity index (χ1v) is 12.6. The molecule has 4 aromatic rings. The van der Waals surface area contributed by atoms with Gasteiger partial charge >= 0.3 is 6.36 Å². The third kappa shape index (κ3) is 5.86. The Bertz CT molecular complexity index is 1520. The topological polar surface area (TPSA) is 47.6 Å². The van der Waals surface area contributed by atoms with Crippen molar-refractivity contribution in [3.63, 3.8) is 0 Å². The van der Waals surface area contributed by atoms with Gasteiger partial charge in [0.05, 0.1) is 6.54 Å². The molecule has 0 bridgehead atoms. The standard InChI is InChI=1S/C30H25F3N2O2S/c1-18-3-5-22(19(2)13-18)15-25(38)17-34-16-20-4-11-26-23(14-20)8-12-27-28(26)35-37-29(27)21-6-9-24(10-7-21)36-30(31,32)33/h3-7,9-11,13-14,16H,8,12,15,17H2,1-2H3. The zero-order valence-corrected chi connectivity index (χ0v) is 21.7. The minimum atomic E-state index is -4.73. The van der Waals surface area contributed by atoms with Crippen molar-refractivity contribution >= 4 is 23.3 Å². The summed E-state index contributed by atoms with van der Waals surface area (Å²) in [6, 6.07) is 18.1. The number of aryl methyl sites for hydroxylation is 3. The van der Waals surface area contributed by atoms with Crippen molar-refractivity contribution in [1.29, 1.82) is 0 Å². The highest BCUT2D eigenvalue weighted by atomic mass is 32.1. The molecule has 1 aromatic heterocycles. The fourth-order valence-electron chi connectivity index (χ4n) is 4.74. The maximum atomic E-state index is 12.5. The fourth-order valence-corrected chi connectivity index (χ4v) is 4.97. The van der Waals surface area contributed by atoms with Crippen LogP contribution in [-0.4, -0.2) is 29.1 Å². The monoisotopic (exact) mass is 534 g/mol. The lowest BCUT2D eigenvalue weighted by molar-refractivity contribution is -0.274. The van der Waals surface area contributed by atoms with Gasteiger partial charge in [0.2, 0.25) is 0 Å².